The summed E-state index contributed by atoms with van der Waals surface area (Å²) >= 11 is 7.77. The average molecular weight is 407 g/mol. The lowest BCUT2D eigenvalue weighted by Gasteiger charge is -2.28. The second-order valence-electron chi connectivity index (χ2n) is 6.21. The van der Waals surface area contributed by atoms with E-state index in [0.29, 0.717) is 28.3 Å². The van der Waals surface area contributed by atoms with Crippen molar-refractivity contribution in [3.05, 3.63) is 46.1 Å². The third kappa shape index (κ3) is 4.30. The van der Waals surface area contributed by atoms with Gasteiger partial charge in [0, 0.05) is 10.7 Å². The van der Waals surface area contributed by atoms with Gasteiger partial charge in [-0.3, -0.25) is 0 Å². The highest BCUT2D eigenvalue weighted by Crippen LogP contribution is 2.37. The van der Waals surface area contributed by atoms with Crippen LogP contribution in [0.1, 0.15) is 45.2 Å². The van der Waals surface area contributed by atoms with Gasteiger partial charge in [0.25, 0.3) is 0 Å². The van der Waals surface area contributed by atoms with E-state index in [9.17, 15) is 4.79 Å². The number of nitrogens with zero attached hydrogens (tertiary/aromatic N) is 3. The molecule has 1 N–H and O–H groups in total. The van der Waals surface area contributed by atoms with Crippen LogP contribution in [-0.4, -0.2) is 33.1 Å². The van der Waals surface area contributed by atoms with Crippen molar-refractivity contribution in [1.29, 1.82) is 0 Å². The van der Waals surface area contributed by atoms with E-state index < -0.39 is 6.04 Å². The Morgan fingerprint density at radius 2 is 2.22 bits per heavy atom. The van der Waals surface area contributed by atoms with Crippen molar-refractivity contribution < 1.29 is 9.53 Å². The van der Waals surface area contributed by atoms with E-state index in [0.717, 1.165) is 29.9 Å². The monoisotopic (exact) mass is 406 g/mol. The number of carbonyl (C=O) groups excluding carboxylic acids is 1. The second-order valence-corrected chi connectivity index (χ2v) is 7.87. The number of allylic oxidation sites excluding steroid dienone is 1. The Labute approximate surface area is 168 Å². The Hall–Kier alpha value is -1.99. The third-order valence-corrected chi connectivity index (χ3v) is 5.18. The fourth-order valence-electron chi connectivity index (χ4n) is 2.96. The van der Waals surface area contributed by atoms with Crippen molar-refractivity contribution >= 4 is 35.3 Å². The van der Waals surface area contributed by atoms with Gasteiger partial charge in [-0.25, -0.2) is 9.48 Å². The van der Waals surface area contributed by atoms with Crippen LogP contribution in [0.3, 0.4) is 0 Å². The number of aromatic nitrogens is 3. The smallest absolute Gasteiger partial charge is 0.338 e. The molecular weight excluding hydrogens is 384 g/mol. The fourth-order valence-corrected chi connectivity index (χ4v) is 3.71. The number of unbranched alkanes of at least 4 members (excludes halogenated alkanes) is 1. The van der Waals surface area contributed by atoms with Gasteiger partial charge in [-0.1, -0.05) is 55.8 Å². The molecule has 0 radical (unpaired) electrons. The molecule has 1 atom stereocenters. The fraction of sp³-hybridized carbons (Fsp3) is 0.421. The Balaban J connectivity index is 2.05. The molecule has 1 aromatic heterocycles. The lowest BCUT2D eigenvalue weighted by molar-refractivity contribution is -0.139. The lowest BCUT2D eigenvalue weighted by Crippen LogP contribution is -2.29. The highest BCUT2D eigenvalue weighted by atomic mass is 35.5. The summed E-state index contributed by atoms with van der Waals surface area (Å²) in [6.45, 7) is 6.37. The summed E-state index contributed by atoms with van der Waals surface area (Å²) in [4.78, 5) is 17.4. The maximum atomic E-state index is 12.9. The van der Waals surface area contributed by atoms with E-state index in [-0.39, 0.29) is 5.97 Å². The van der Waals surface area contributed by atoms with Crippen molar-refractivity contribution in [2.75, 3.05) is 17.7 Å². The SMILES string of the molecule is CCCCOC(=O)C1=C(C)Nc2nc(SCC)nn2C1c1cccc(Cl)c1. The molecule has 2 aromatic rings. The molecule has 2 heterocycles. The largest absolute Gasteiger partial charge is 0.462 e. The number of anilines is 1. The maximum absolute atomic E-state index is 12.9. The number of nitrogens with one attached hydrogen (secondary N) is 1. The molecule has 0 spiro atoms. The number of ether oxygens (including phenoxy) is 1. The van der Waals surface area contributed by atoms with Crippen LogP contribution in [-0.2, 0) is 9.53 Å². The summed E-state index contributed by atoms with van der Waals surface area (Å²) in [5, 5.41) is 9.08. The predicted molar refractivity (Wildman–Crippen MR) is 108 cm³/mol. The summed E-state index contributed by atoms with van der Waals surface area (Å²) in [6.07, 6.45) is 1.80. The van der Waals surface area contributed by atoms with Gasteiger partial charge in [-0.05, 0) is 36.8 Å². The second kappa shape index (κ2) is 8.80. The third-order valence-electron chi connectivity index (χ3n) is 4.22. The van der Waals surface area contributed by atoms with E-state index in [1.54, 1.807) is 16.4 Å². The summed E-state index contributed by atoms with van der Waals surface area (Å²) < 4.78 is 7.25. The molecule has 0 saturated carbocycles. The van der Waals surface area contributed by atoms with E-state index in [1.165, 1.54) is 0 Å². The molecule has 0 bridgehead atoms. The number of esters is 1. The molecular formula is C19H23ClN4O2S. The van der Waals surface area contributed by atoms with Gasteiger partial charge in [0.2, 0.25) is 11.1 Å². The normalized spacial score (nSPS) is 16.1. The molecule has 144 valence electrons. The van der Waals surface area contributed by atoms with Crippen LogP contribution in [0.15, 0.2) is 40.7 Å². The van der Waals surface area contributed by atoms with Crippen LogP contribution >= 0.6 is 23.4 Å². The van der Waals surface area contributed by atoms with Crippen LogP contribution in [0.4, 0.5) is 5.95 Å². The zero-order valence-electron chi connectivity index (χ0n) is 15.7. The van der Waals surface area contributed by atoms with Crippen LogP contribution in [0.5, 0.6) is 0 Å². The van der Waals surface area contributed by atoms with Crippen LogP contribution in [0.25, 0.3) is 0 Å². The Morgan fingerprint density at radius 1 is 1.41 bits per heavy atom. The summed E-state index contributed by atoms with van der Waals surface area (Å²) in [5.74, 6) is 1.13. The summed E-state index contributed by atoms with van der Waals surface area (Å²) in [5.41, 5.74) is 2.11. The number of hydrogen-bond acceptors (Lipinski definition) is 6. The first-order valence-corrected chi connectivity index (χ1v) is 10.4. The van der Waals surface area contributed by atoms with Gasteiger partial charge in [0.05, 0.1) is 12.2 Å². The zero-order chi connectivity index (χ0) is 19.4. The van der Waals surface area contributed by atoms with Gasteiger partial charge < -0.3 is 10.1 Å². The van der Waals surface area contributed by atoms with Crippen LogP contribution in [0.2, 0.25) is 5.02 Å². The topological polar surface area (TPSA) is 69.0 Å². The molecule has 0 aliphatic carbocycles. The first-order chi connectivity index (χ1) is 13.0. The van der Waals surface area contributed by atoms with Crippen molar-refractivity contribution in [1.82, 2.24) is 14.8 Å². The molecule has 8 heteroatoms. The summed E-state index contributed by atoms with van der Waals surface area (Å²) in [6, 6.07) is 7.03. The van der Waals surface area contributed by atoms with Gasteiger partial charge in [-0.2, -0.15) is 4.98 Å². The molecule has 6 nitrogen and oxygen atoms in total. The minimum absolute atomic E-state index is 0.343. The van der Waals surface area contributed by atoms with Crippen LogP contribution < -0.4 is 5.32 Å². The Kier molecular flexibility index (Phi) is 6.44. The quantitative estimate of drug-likeness (QED) is 0.409. The first-order valence-electron chi connectivity index (χ1n) is 9.04. The molecule has 1 aliphatic heterocycles. The number of benzene rings is 1. The van der Waals surface area contributed by atoms with Crippen LogP contribution in [0, 0.1) is 0 Å². The molecule has 27 heavy (non-hydrogen) atoms. The van der Waals surface area contributed by atoms with Gasteiger partial charge in [-0.15, -0.1) is 5.10 Å². The molecule has 1 aliphatic rings. The number of rotatable bonds is 7. The number of carbonyl (C=O) groups is 1. The maximum Gasteiger partial charge on any atom is 0.338 e. The number of thioether (sulfide) groups is 1. The van der Waals surface area contributed by atoms with Crippen molar-refractivity contribution in [2.45, 2.75) is 44.8 Å². The van der Waals surface area contributed by atoms with Crippen molar-refractivity contribution in [2.24, 2.45) is 0 Å². The Bertz CT molecular complexity index is 865. The summed E-state index contributed by atoms with van der Waals surface area (Å²) in [7, 11) is 0. The number of hydrogen-bond donors (Lipinski definition) is 1. The minimum atomic E-state index is -0.437. The lowest BCUT2D eigenvalue weighted by atomic mass is 9.96. The van der Waals surface area contributed by atoms with Gasteiger partial charge >= 0.3 is 5.97 Å². The minimum Gasteiger partial charge on any atom is -0.462 e. The molecule has 1 unspecified atom stereocenters. The zero-order valence-corrected chi connectivity index (χ0v) is 17.2. The van der Waals surface area contributed by atoms with Gasteiger partial charge in [0.1, 0.15) is 6.04 Å². The number of fused-ring (bicyclic) bond motifs is 1. The van der Waals surface area contributed by atoms with Crippen molar-refractivity contribution in [3.8, 4) is 0 Å². The first kappa shape index (κ1) is 19.8. The highest BCUT2D eigenvalue weighted by molar-refractivity contribution is 7.99. The highest BCUT2D eigenvalue weighted by Gasteiger charge is 2.35. The molecule has 1 aromatic carbocycles. The van der Waals surface area contributed by atoms with E-state index in [4.69, 9.17) is 16.3 Å². The van der Waals surface area contributed by atoms with E-state index >= 15 is 0 Å². The molecule has 0 fully saturated rings. The number of halogens is 1. The van der Waals surface area contributed by atoms with Gasteiger partial charge in [0.15, 0.2) is 0 Å². The molecule has 3 rings (SSSR count). The van der Waals surface area contributed by atoms with E-state index in [1.807, 2.05) is 38.1 Å². The predicted octanol–water partition coefficient (Wildman–Crippen LogP) is 4.68. The molecule has 0 amide bonds. The van der Waals surface area contributed by atoms with Crippen molar-refractivity contribution in [3.63, 3.8) is 0 Å². The standard InChI is InChI=1S/C19H23ClN4O2S/c1-4-6-10-26-17(25)15-12(3)21-18-22-19(27-5-2)23-24(18)16(15)13-8-7-9-14(20)11-13/h7-9,11,16H,4-6,10H2,1-3H3,(H,21,22,23). The Morgan fingerprint density at radius 3 is 2.93 bits per heavy atom. The van der Waals surface area contributed by atoms with E-state index in [2.05, 4.69) is 22.3 Å². The average Bonchev–Trinajstić information content (AvgIpc) is 3.02. The molecule has 0 saturated heterocycles.